The standard InChI is InChI=1S/C17H27NO2Si/c1-12-10-13-8-7-9-14(15(20)11-19)16(13)18(12)21(5,6)17(2,3)4/h7-10,15,19-20H,11H2,1-6H3/t15-/m1/s1. The first-order chi connectivity index (χ1) is 9.61. The summed E-state index contributed by atoms with van der Waals surface area (Å²) in [6.07, 6.45) is -0.827. The van der Waals surface area contributed by atoms with Crippen LogP contribution in [0.25, 0.3) is 10.9 Å². The molecule has 0 aliphatic heterocycles. The third kappa shape index (κ3) is 2.56. The molecule has 1 atom stereocenters. The second-order valence-corrected chi connectivity index (χ2v) is 12.5. The average Bonchev–Trinajstić information content (AvgIpc) is 2.72. The molecule has 0 aliphatic rings. The van der Waals surface area contributed by atoms with Gasteiger partial charge < -0.3 is 14.4 Å². The maximum atomic E-state index is 10.2. The van der Waals surface area contributed by atoms with Crippen LogP contribution in [-0.4, -0.2) is 29.3 Å². The second-order valence-electron chi connectivity index (χ2n) is 7.41. The molecule has 1 aromatic carbocycles. The van der Waals surface area contributed by atoms with E-state index in [1.54, 1.807) is 0 Å². The quantitative estimate of drug-likeness (QED) is 0.847. The molecular weight excluding hydrogens is 278 g/mol. The van der Waals surface area contributed by atoms with E-state index in [0.29, 0.717) is 0 Å². The van der Waals surface area contributed by atoms with Gasteiger partial charge in [-0.3, -0.25) is 0 Å². The van der Waals surface area contributed by atoms with Crippen LogP contribution < -0.4 is 0 Å². The Bertz CT molecular complexity index is 653. The average molecular weight is 305 g/mol. The molecule has 4 heteroatoms. The van der Waals surface area contributed by atoms with Crippen molar-refractivity contribution in [3.63, 3.8) is 0 Å². The van der Waals surface area contributed by atoms with Crippen LogP contribution in [0.5, 0.6) is 0 Å². The summed E-state index contributed by atoms with van der Waals surface area (Å²) in [5.74, 6) is 0. The molecule has 0 amide bonds. The monoisotopic (exact) mass is 305 g/mol. The van der Waals surface area contributed by atoms with Gasteiger partial charge in [-0.05, 0) is 23.4 Å². The van der Waals surface area contributed by atoms with Crippen molar-refractivity contribution in [3.8, 4) is 0 Å². The van der Waals surface area contributed by atoms with Gasteiger partial charge in [-0.25, -0.2) is 0 Å². The highest BCUT2D eigenvalue weighted by molar-refractivity contribution is 6.79. The topological polar surface area (TPSA) is 45.4 Å². The third-order valence-corrected chi connectivity index (χ3v) is 10.3. The highest BCUT2D eigenvalue weighted by atomic mass is 28.3. The molecule has 0 radical (unpaired) electrons. The summed E-state index contributed by atoms with van der Waals surface area (Å²) in [5.41, 5.74) is 3.14. The SMILES string of the molecule is Cc1cc2cccc([C@H](O)CO)c2n1[Si](C)(C)C(C)(C)C. The first-order valence-corrected chi connectivity index (χ1v) is 10.5. The van der Waals surface area contributed by atoms with Crippen molar-refractivity contribution < 1.29 is 10.2 Å². The minimum Gasteiger partial charge on any atom is -0.393 e. The highest BCUT2D eigenvalue weighted by Crippen LogP contribution is 2.41. The molecule has 21 heavy (non-hydrogen) atoms. The lowest BCUT2D eigenvalue weighted by Crippen LogP contribution is -2.46. The first kappa shape index (κ1) is 16.3. The molecule has 0 bridgehead atoms. The number of rotatable bonds is 3. The van der Waals surface area contributed by atoms with Crippen LogP contribution in [0.4, 0.5) is 0 Å². The number of fused-ring (bicyclic) bond motifs is 1. The predicted molar refractivity (Wildman–Crippen MR) is 91.3 cm³/mol. The third-order valence-electron chi connectivity index (χ3n) is 4.97. The van der Waals surface area contributed by atoms with E-state index in [-0.39, 0.29) is 11.6 Å². The Morgan fingerprint density at radius 1 is 1.24 bits per heavy atom. The van der Waals surface area contributed by atoms with Gasteiger partial charge in [0, 0.05) is 16.8 Å². The van der Waals surface area contributed by atoms with Gasteiger partial charge in [-0.2, -0.15) is 0 Å². The summed E-state index contributed by atoms with van der Waals surface area (Å²) < 4.78 is 2.44. The molecule has 0 fully saturated rings. The normalized spacial score (nSPS) is 14.7. The zero-order chi connectivity index (χ0) is 16.0. The summed E-state index contributed by atoms with van der Waals surface area (Å²) >= 11 is 0. The van der Waals surface area contributed by atoms with Crippen molar-refractivity contribution in [1.82, 2.24) is 4.23 Å². The number of benzene rings is 1. The van der Waals surface area contributed by atoms with Gasteiger partial charge in [0.05, 0.1) is 6.61 Å². The number of nitrogens with zero attached hydrogens (tertiary/aromatic N) is 1. The second kappa shape index (κ2) is 5.27. The number of aliphatic hydroxyl groups excluding tert-OH is 2. The van der Waals surface area contributed by atoms with Crippen molar-refractivity contribution in [2.45, 2.75) is 51.9 Å². The van der Waals surface area contributed by atoms with Crippen LogP contribution in [-0.2, 0) is 0 Å². The summed E-state index contributed by atoms with van der Waals surface area (Å²) in [6.45, 7) is 13.5. The Hall–Kier alpha value is -1.10. The summed E-state index contributed by atoms with van der Waals surface area (Å²) in [4.78, 5) is 0. The smallest absolute Gasteiger partial charge is 0.161 e. The van der Waals surface area contributed by atoms with Gasteiger partial charge in [0.25, 0.3) is 0 Å². The van der Waals surface area contributed by atoms with E-state index in [0.717, 1.165) is 16.5 Å². The van der Waals surface area contributed by atoms with Crippen LogP contribution in [0.1, 0.15) is 38.1 Å². The van der Waals surface area contributed by atoms with E-state index in [9.17, 15) is 10.2 Å². The fourth-order valence-corrected chi connectivity index (χ4v) is 5.28. The number of aromatic nitrogens is 1. The van der Waals surface area contributed by atoms with Gasteiger partial charge in [-0.1, -0.05) is 52.1 Å². The number of aryl methyl sites for hydroxylation is 1. The summed E-state index contributed by atoms with van der Waals surface area (Å²) in [5, 5.41) is 20.9. The van der Waals surface area contributed by atoms with Crippen LogP contribution >= 0.6 is 0 Å². The zero-order valence-electron chi connectivity index (χ0n) is 13.9. The molecule has 0 unspecified atom stereocenters. The van der Waals surface area contributed by atoms with Crippen molar-refractivity contribution in [3.05, 3.63) is 35.5 Å². The van der Waals surface area contributed by atoms with Crippen LogP contribution in [0.3, 0.4) is 0 Å². The van der Waals surface area contributed by atoms with E-state index < -0.39 is 14.3 Å². The first-order valence-electron chi connectivity index (χ1n) is 7.51. The Labute approximate surface area is 128 Å². The van der Waals surface area contributed by atoms with Gasteiger partial charge in [0.1, 0.15) is 6.10 Å². The lowest BCUT2D eigenvalue weighted by Gasteiger charge is -2.40. The van der Waals surface area contributed by atoms with Crippen molar-refractivity contribution in [2.24, 2.45) is 0 Å². The minimum absolute atomic E-state index is 0.195. The fourth-order valence-electron chi connectivity index (χ4n) is 2.84. The van der Waals surface area contributed by atoms with Gasteiger partial charge in [0.15, 0.2) is 8.24 Å². The largest absolute Gasteiger partial charge is 0.393 e. The van der Waals surface area contributed by atoms with E-state index in [1.165, 1.54) is 5.69 Å². The Kier molecular flexibility index (Phi) is 4.08. The summed E-state index contributed by atoms with van der Waals surface area (Å²) in [6, 6.07) is 8.14. The number of hydrogen-bond donors (Lipinski definition) is 2. The van der Waals surface area contributed by atoms with Crippen LogP contribution in [0, 0.1) is 6.92 Å². The Morgan fingerprint density at radius 2 is 1.86 bits per heavy atom. The molecule has 2 rings (SSSR count). The van der Waals surface area contributed by atoms with Crippen LogP contribution in [0.15, 0.2) is 24.3 Å². The Morgan fingerprint density at radius 3 is 2.38 bits per heavy atom. The molecule has 0 spiro atoms. The van der Waals surface area contributed by atoms with Gasteiger partial charge >= 0.3 is 0 Å². The van der Waals surface area contributed by atoms with E-state index in [2.05, 4.69) is 57.2 Å². The van der Waals surface area contributed by atoms with Crippen LogP contribution in [0.2, 0.25) is 18.1 Å². The van der Waals surface area contributed by atoms with Crippen molar-refractivity contribution in [2.75, 3.05) is 6.61 Å². The van der Waals surface area contributed by atoms with Crippen molar-refractivity contribution in [1.29, 1.82) is 0 Å². The van der Waals surface area contributed by atoms with E-state index in [4.69, 9.17) is 0 Å². The van der Waals surface area contributed by atoms with E-state index >= 15 is 0 Å². The van der Waals surface area contributed by atoms with E-state index in [1.807, 2.05) is 12.1 Å². The van der Waals surface area contributed by atoms with Gasteiger partial charge in [0.2, 0.25) is 0 Å². The summed E-state index contributed by atoms with van der Waals surface area (Å²) in [7, 11) is -1.80. The molecule has 0 saturated heterocycles. The molecular formula is C17H27NO2Si. The Balaban J connectivity index is 2.84. The van der Waals surface area contributed by atoms with Gasteiger partial charge in [-0.15, -0.1) is 0 Å². The lowest BCUT2D eigenvalue weighted by molar-refractivity contribution is 0.0965. The molecule has 2 aromatic rings. The molecule has 1 heterocycles. The van der Waals surface area contributed by atoms with Crippen molar-refractivity contribution >= 4 is 19.1 Å². The number of aliphatic hydroxyl groups is 2. The molecule has 2 N–H and O–H groups in total. The number of para-hydroxylation sites is 1. The zero-order valence-corrected chi connectivity index (χ0v) is 14.9. The highest BCUT2D eigenvalue weighted by Gasteiger charge is 2.39. The number of hydrogen-bond acceptors (Lipinski definition) is 2. The fraction of sp³-hybridized carbons (Fsp3) is 0.529. The molecule has 0 aliphatic carbocycles. The molecule has 1 aromatic heterocycles. The predicted octanol–water partition coefficient (Wildman–Crippen LogP) is 3.83. The molecule has 0 saturated carbocycles. The lowest BCUT2D eigenvalue weighted by atomic mass is 10.1. The molecule has 3 nitrogen and oxygen atoms in total. The maximum absolute atomic E-state index is 10.2. The maximum Gasteiger partial charge on any atom is 0.161 e. The molecule has 116 valence electrons. The minimum atomic E-state index is -1.80.